The van der Waals surface area contributed by atoms with Crippen LogP contribution in [-0.2, 0) is 5.41 Å². The van der Waals surface area contributed by atoms with Crippen LogP contribution in [0.4, 0.5) is 0 Å². The summed E-state index contributed by atoms with van der Waals surface area (Å²) in [4.78, 5) is 4.51. The van der Waals surface area contributed by atoms with E-state index in [1.165, 1.54) is 38.9 Å². The van der Waals surface area contributed by atoms with Gasteiger partial charge >= 0.3 is 0 Å². The maximum absolute atomic E-state index is 4.51. The van der Waals surface area contributed by atoms with Crippen molar-refractivity contribution in [3.63, 3.8) is 0 Å². The molecule has 0 spiro atoms. The molecule has 0 N–H and O–H groups in total. The number of nitrogens with zero attached hydrogens (tertiary/aromatic N) is 1. The first kappa shape index (κ1) is 15.1. The van der Waals surface area contributed by atoms with E-state index in [-0.39, 0.29) is 5.41 Å². The average molecular weight is 333 g/mol. The van der Waals surface area contributed by atoms with E-state index in [4.69, 9.17) is 0 Å². The topological polar surface area (TPSA) is 12.9 Å². The number of fused-ring (bicyclic) bond motifs is 3. The summed E-state index contributed by atoms with van der Waals surface area (Å²) in [6, 6.07) is 30.5. The Kier molecular flexibility index (Phi) is 3.29. The van der Waals surface area contributed by atoms with Gasteiger partial charge in [-0.3, -0.25) is 4.98 Å². The van der Waals surface area contributed by atoms with Crippen molar-refractivity contribution in [1.29, 1.82) is 0 Å². The summed E-state index contributed by atoms with van der Waals surface area (Å²) in [5, 5.41) is 0. The summed E-state index contributed by atoms with van der Waals surface area (Å²) < 4.78 is 0. The lowest BCUT2D eigenvalue weighted by Crippen LogP contribution is -2.29. The molecule has 1 aromatic heterocycles. The van der Waals surface area contributed by atoms with Crippen LogP contribution in [0.2, 0.25) is 0 Å². The number of hydrogen-bond acceptors (Lipinski definition) is 1. The molecule has 0 atom stereocenters. The molecule has 124 valence electrons. The van der Waals surface area contributed by atoms with Crippen molar-refractivity contribution in [1.82, 2.24) is 4.98 Å². The van der Waals surface area contributed by atoms with Gasteiger partial charge in [0.1, 0.15) is 0 Å². The molecular weight excluding hydrogens is 314 g/mol. The van der Waals surface area contributed by atoms with Crippen molar-refractivity contribution in [2.45, 2.75) is 12.3 Å². The molecule has 1 heterocycles. The zero-order valence-electron chi connectivity index (χ0n) is 14.7. The highest BCUT2D eigenvalue weighted by atomic mass is 14.6. The van der Waals surface area contributed by atoms with E-state index >= 15 is 0 Å². The molecule has 0 radical (unpaired) electrons. The second kappa shape index (κ2) is 5.67. The minimum atomic E-state index is -0.327. The molecule has 0 fully saturated rings. The van der Waals surface area contributed by atoms with Gasteiger partial charge in [0.25, 0.3) is 0 Å². The van der Waals surface area contributed by atoms with Gasteiger partial charge in [-0.2, -0.15) is 0 Å². The molecule has 0 saturated heterocycles. The molecule has 5 rings (SSSR count). The predicted octanol–water partition coefficient (Wildman–Crippen LogP) is 5.75. The van der Waals surface area contributed by atoms with E-state index in [0.29, 0.717) is 0 Å². The van der Waals surface area contributed by atoms with E-state index in [1.807, 2.05) is 12.4 Å². The van der Waals surface area contributed by atoms with E-state index in [9.17, 15) is 0 Å². The second-order valence-corrected chi connectivity index (χ2v) is 6.90. The molecule has 0 unspecified atom stereocenters. The molecule has 0 amide bonds. The van der Waals surface area contributed by atoms with Crippen LogP contribution in [0.1, 0.15) is 27.8 Å². The minimum Gasteiger partial charge on any atom is -0.264 e. The van der Waals surface area contributed by atoms with Gasteiger partial charge in [0, 0.05) is 12.4 Å². The Morgan fingerprint density at radius 2 is 1.19 bits per heavy atom. The fourth-order valence-corrected chi connectivity index (χ4v) is 4.54. The quantitative estimate of drug-likeness (QED) is 0.400. The van der Waals surface area contributed by atoms with Gasteiger partial charge in [-0.1, -0.05) is 78.9 Å². The number of aryl methyl sites for hydroxylation is 1. The highest BCUT2D eigenvalue weighted by Crippen LogP contribution is 2.56. The maximum Gasteiger partial charge on any atom is 0.0731 e. The van der Waals surface area contributed by atoms with Gasteiger partial charge in [0.15, 0.2) is 0 Å². The first-order valence-electron chi connectivity index (χ1n) is 8.99. The molecule has 0 saturated carbocycles. The Bertz CT molecular complexity index is 1050. The third-order valence-corrected chi connectivity index (χ3v) is 5.60. The molecule has 1 aliphatic rings. The summed E-state index contributed by atoms with van der Waals surface area (Å²) >= 11 is 0. The second-order valence-electron chi connectivity index (χ2n) is 6.90. The number of benzene rings is 3. The summed E-state index contributed by atoms with van der Waals surface area (Å²) in [7, 11) is 0. The van der Waals surface area contributed by atoms with Crippen LogP contribution < -0.4 is 0 Å². The van der Waals surface area contributed by atoms with Crippen molar-refractivity contribution in [2.75, 3.05) is 0 Å². The highest BCUT2D eigenvalue weighted by molar-refractivity contribution is 5.86. The molecule has 1 nitrogen and oxygen atoms in total. The molecular formula is C25H19N. The number of aromatic nitrogens is 1. The number of hydrogen-bond donors (Lipinski definition) is 0. The van der Waals surface area contributed by atoms with Crippen molar-refractivity contribution in [3.05, 3.63) is 125 Å². The lowest BCUT2D eigenvalue weighted by molar-refractivity contribution is 0.755. The van der Waals surface area contributed by atoms with Crippen molar-refractivity contribution in [3.8, 4) is 11.1 Å². The van der Waals surface area contributed by atoms with Crippen molar-refractivity contribution in [2.24, 2.45) is 0 Å². The van der Waals surface area contributed by atoms with Gasteiger partial charge in [0.2, 0.25) is 0 Å². The van der Waals surface area contributed by atoms with Gasteiger partial charge in [-0.05, 0) is 51.9 Å². The molecule has 4 aromatic rings. The van der Waals surface area contributed by atoms with E-state index < -0.39 is 0 Å². The molecule has 1 aliphatic carbocycles. The summed E-state index contributed by atoms with van der Waals surface area (Å²) in [6.45, 7) is 2.19. The van der Waals surface area contributed by atoms with Crippen LogP contribution in [0.5, 0.6) is 0 Å². The third kappa shape index (κ3) is 1.89. The minimum absolute atomic E-state index is 0.327. The van der Waals surface area contributed by atoms with Crippen LogP contribution in [0.15, 0.2) is 97.3 Å². The molecule has 0 aliphatic heterocycles. The zero-order chi connectivity index (χ0) is 17.6. The SMILES string of the molecule is Cc1ccncc1C1(c2ccccc2)c2ccccc2-c2ccccc21. The fraction of sp³-hybridized carbons (Fsp3) is 0.0800. The van der Waals surface area contributed by atoms with E-state index in [1.54, 1.807) is 0 Å². The van der Waals surface area contributed by atoms with Gasteiger partial charge < -0.3 is 0 Å². The standard InChI is InChI=1S/C25H19N/c1-18-15-16-26-17-24(18)25(19-9-3-2-4-10-19)22-13-7-5-11-20(22)21-12-6-8-14-23(21)25/h2-17H,1H3. The Morgan fingerprint density at radius 1 is 0.615 bits per heavy atom. The number of pyridine rings is 1. The maximum atomic E-state index is 4.51. The van der Waals surface area contributed by atoms with Crippen LogP contribution in [0.3, 0.4) is 0 Å². The smallest absolute Gasteiger partial charge is 0.0731 e. The van der Waals surface area contributed by atoms with Crippen molar-refractivity contribution < 1.29 is 0 Å². The summed E-state index contributed by atoms with van der Waals surface area (Å²) in [6.07, 6.45) is 3.92. The van der Waals surface area contributed by atoms with Crippen LogP contribution >= 0.6 is 0 Å². The van der Waals surface area contributed by atoms with Gasteiger partial charge in [0.05, 0.1) is 5.41 Å². The first-order chi connectivity index (χ1) is 12.8. The average Bonchev–Trinajstić information content (AvgIpc) is 3.01. The Morgan fingerprint density at radius 3 is 1.81 bits per heavy atom. The van der Waals surface area contributed by atoms with Crippen LogP contribution in [0.25, 0.3) is 11.1 Å². The molecule has 0 bridgehead atoms. The molecule has 26 heavy (non-hydrogen) atoms. The number of rotatable bonds is 2. The Labute approximate surface area is 154 Å². The first-order valence-corrected chi connectivity index (χ1v) is 8.99. The van der Waals surface area contributed by atoms with Crippen LogP contribution in [0, 0.1) is 6.92 Å². The lowest BCUT2D eigenvalue weighted by Gasteiger charge is -2.34. The van der Waals surface area contributed by atoms with Crippen LogP contribution in [-0.4, -0.2) is 4.98 Å². The highest BCUT2D eigenvalue weighted by Gasteiger charge is 2.46. The van der Waals surface area contributed by atoms with Gasteiger partial charge in [-0.25, -0.2) is 0 Å². The summed E-state index contributed by atoms with van der Waals surface area (Å²) in [5.41, 5.74) is 8.78. The largest absolute Gasteiger partial charge is 0.264 e. The van der Waals surface area contributed by atoms with E-state index in [2.05, 4.69) is 96.8 Å². The van der Waals surface area contributed by atoms with Crippen molar-refractivity contribution >= 4 is 0 Å². The predicted molar refractivity (Wildman–Crippen MR) is 106 cm³/mol. The lowest BCUT2D eigenvalue weighted by atomic mass is 9.67. The zero-order valence-corrected chi connectivity index (χ0v) is 14.7. The Balaban J connectivity index is 2.00. The normalized spacial score (nSPS) is 13.9. The Hall–Kier alpha value is -3.19. The third-order valence-electron chi connectivity index (χ3n) is 5.60. The summed E-state index contributed by atoms with van der Waals surface area (Å²) in [5.74, 6) is 0. The molecule has 1 heteroatoms. The van der Waals surface area contributed by atoms with E-state index in [0.717, 1.165) is 0 Å². The monoisotopic (exact) mass is 333 g/mol. The molecule has 3 aromatic carbocycles. The fourth-order valence-electron chi connectivity index (χ4n) is 4.54. The van der Waals surface area contributed by atoms with Gasteiger partial charge in [-0.15, -0.1) is 0 Å².